The molecule has 3 N–H and O–H groups in total. The van der Waals surface area contributed by atoms with Gasteiger partial charge in [-0.1, -0.05) is 23.2 Å². The third-order valence-electron chi connectivity index (χ3n) is 3.14. The van der Waals surface area contributed by atoms with Crippen LogP contribution in [0.25, 0.3) is 0 Å². The van der Waals surface area contributed by atoms with Crippen LogP contribution in [0.4, 0.5) is 22.0 Å². The lowest BCUT2D eigenvalue weighted by atomic mass is 10.3. The number of rotatable bonds is 5. The largest absolute Gasteiger partial charge is 0.453 e. The Kier molecular flexibility index (Phi) is 5.63. The lowest BCUT2D eigenvalue weighted by Crippen LogP contribution is -2.12. The first kappa shape index (κ1) is 18.7. The van der Waals surface area contributed by atoms with Gasteiger partial charge in [-0.3, -0.25) is 0 Å². The van der Waals surface area contributed by atoms with E-state index in [1.54, 1.807) is 0 Å². The Morgan fingerprint density at radius 2 is 1.81 bits per heavy atom. The van der Waals surface area contributed by atoms with Gasteiger partial charge in [0.25, 0.3) is 0 Å². The molecular formula is C16H11Cl2FN6O2. The maximum Gasteiger partial charge on any atom is 0.358 e. The first-order chi connectivity index (χ1) is 12.9. The molecule has 0 fully saturated rings. The van der Waals surface area contributed by atoms with Crippen LogP contribution < -0.4 is 11.1 Å². The Hall–Kier alpha value is -3.04. The SMILES string of the molecule is Nc1nc(COC(=O)c2nc(Cl)ccc2Cl)nc(Nc2ccc(F)cc2)n1. The smallest absolute Gasteiger partial charge is 0.358 e. The zero-order valence-electron chi connectivity index (χ0n) is 13.5. The lowest BCUT2D eigenvalue weighted by Gasteiger charge is -2.08. The fraction of sp³-hybridized carbons (Fsp3) is 0.0625. The minimum atomic E-state index is -0.797. The number of hydrogen-bond acceptors (Lipinski definition) is 8. The quantitative estimate of drug-likeness (QED) is 0.487. The van der Waals surface area contributed by atoms with E-state index in [-0.39, 0.29) is 46.0 Å². The molecule has 0 saturated carbocycles. The molecule has 27 heavy (non-hydrogen) atoms. The van der Waals surface area contributed by atoms with Crippen molar-refractivity contribution in [2.24, 2.45) is 0 Å². The van der Waals surface area contributed by atoms with Crippen LogP contribution in [-0.2, 0) is 11.3 Å². The molecule has 0 bridgehead atoms. The second-order valence-corrected chi connectivity index (χ2v) is 5.90. The molecule has 11 heteroatoms. The number of pyridine rings is 1. The highest BCUT2D eigenvalue weighted by molar-refractivity contribution is 6.34. The van der Waals surface area contributed by atoms with Crippen molar-refractivity contribution in [2.45, 2.75) is 6.61 Å². The Bertz CT molecular complexity index is 987. The summed E-state index contributed by atoms with van der Waals surface area (Å²) in [5.41, 5.74) is 6.06. The molecule has 2 aromatic heterocycles. The van der Waals surface area contributed by atoms with Gasteiger partial charge in [-0.25, -0.2) is 14.2 Å². The molecular weight excluding hydrogens is 398 g/mol. The van der Waals surface area contributed by atoms with Crippen LogP contribution in [0.3, 0.4) is 0 Å². The number of nitrogens with zero attached hydrogens (tertiary/aromatic N) is 4. The summed E-state index contributed by atoms with van der Waals surface area (Å²) in [5.74, 6) is -1.05. The number of nitrogen functional groups attached to an aromatic ring is 1. The van der Waals surface area contributed by atoms with Crippen LogP contribution in [0.15, 0.2) is 36.4 Å². The van der Waals surface area contributed by atoms with Gasteiger partial charge in [-0.05, 0) is 36.4 Å². The first-order valence-electron chi connectivity index (χ1n) is 7.43. The van der Waals surface area contributed by atoms with Gasteiger partial charge in [0, 0.05) is 5.69 Å². The van der Waals surface area contributed by atoms with Gasteiger partial charge in [-0.2, -0.15) is 15.0 Å². The number of halogens is 3. The van der Waals surface area contributed by atoms with Gasteiger partial charge in [0.1, 0.15) is 11.0 Å². The molecule has 0 spiro atoms. The molecule has 0 atom stereocenters. The second kappa shape index (κ2) is 8.11. The van der Waals surface area contributed by atoms with Crippen molar-refractivity contribution < 1.29 is 13.9 Å². The minimum absolute atomic E-state index is 0.0837. The molecule has 0 saturated heterocycles. The molecule has 0 radical (unpaired) electrons. The Labute approximate surface area is 162 Å². The molecule has 3 rings (SSSR count). The van der Waals surface area contributed by atoms with Gasteiger partial charge < -0.3 is 15.8 Å². The maximum absolute atomic E-state index is 13.0. The predicted octanol–water partition coefficient (Wildman–Crippen LogP) is 3.40. The molecule has 2 heterocycles. The topological polar surface area (TPSA) is 116 Å². The van der Waals surface area contributed by atoms with Crippen molar-refractivity contribution in [3.63, 3.8) is 0 Å². The highest BCUT2D eigenvalue weighted by Gasteiger charge is 2.16. The summed E-state index contributed by atoms with van der Waals surface area (Å²) < 4.78 is 18.1. The molecule has 0 aliphatic heterocycles. The van der Waals surface area contributed by atoms with Gasteiger partial charge in [-0.15, -0.1) is 0 Å². The van der Waals surface area contributed by atoms with Crippen molar-refractivity contribution in [1.82, 2.24) is 19.9 Å². The number of esters is 1. The Balaban J connectivity index is 1.71. The van der Waals surface area contributed by atoms with Crippen LogP contribution >= 0.6 is 23.2 Å². The summed E-state index contributed by atoms with van der Waals surface area (Å²) in [6, 6.07) is 8.43. The van der Waals surface area contributed by atoms with E-state index in [1.807, 2.05) is 0 Å². The van der Waals surface area contributed by atoms with Crippen LogP contribution in [0.5, 0.6) is 0 Å². The summed E-state index contributed by atoms with van der Waals surface area (Å²) in [4.78, 5) is 27.8. The number of benzene rings is 1. The minimum Gasteiger partial charge on any atom is -0.453 e. The van der Waals surface area contributed by atoms with E-state index in [0.29, 0.717) is 5.69 Å². The molecule has 8 nitrogen and oxygen atoms in total. The van der Waals surface area contributed by atoms with Crippen LogP contribution in [0.2, 0.25) is 10.2 Å². The molecule has 0 unspecified atom stereocenters. The van der Waals surface area contributed by atoms with Crippen molar-refractivity contribution >= 4 is 46.8 Å². The van der Waals surface area contributed by atoms with E-state index in [2.05, 4.69) is 25.3 Å². The zero-order chi connectivity index (χ0) is 19.4. The van der Waals surface area contributed by atoms with Crippen molar-refractivity contribution in [3.8, 4) is 0 Å². The highest BCUT2D eigenvalue weighted by Crippen LogP contribution is 2.18. The maximum atomic E-state index is 13.0. The summed E-state index contributed by atoms with van der Waals surface area (Å²) >= 11 is 11.7. The van der Waals surface area contributed by atoms with Crippen LogP contribution in [0, 0.1) is 5.82 Å². The van der Waals surface area contributed by atoms with E-state index in [1.165, 1.54) is 36.4 Å². The fourth-order valence-corrected chi connectivity index (χ4v) is 2.31. The number of ether oxygens (including phenoxy) is 1. The lowest BCUT2D eigenvalue weighted by molar-refractivity contribution is 0.0455. The number of carbonyl (C=O) groups excluding carboxylic acids is 1. The fourth-order valence-electron chi connectivity index (χ4n) is 1.98. The zero-order valence-corrected chi connectivity index (χ0v) is 15.0. The van der Waals surface area contributed by atoms with Gasteiger partial charge in [0.2, 0.25) is 11.9 Å². The molecule has 1 aromatic carbocycles. The number of aromatic nitrogens is 4. The van der Waals surface area contributed by atoms with Crippen molar-refractivity contribution in [3.05, 3.63) is 63.9 Å². The third-order valence-corrected chi connectivity index (χ3v) is 3.65. The summed E-state index contributed by atoms with van der Waals surface area (Å²) in [5, 5.41) is 3.04. The normalized spacial score (nSPS) is 10.5. The van der Waals surface area contributed by atoms with Crippen LogP contribution in [-0.4, -0.2) is 25.9 Å². The summed E-state index contributed by atoms with van der Waals surface area (Å²) in [7, 11) is 0. The standard InChI is InChI=1S/C16H11Cl2FN6O2/c17-10-5-6-11(18)22-13(10)14(26)27-7-12-23-15(20)25-16(24-12)21-9-3-1-8(19)2-4-9/h1-6H,7H2,(H3,20,21,23,24,25). The monoisotopic (exact) mass is 408 g/mol. The number of nitrogens with one attached hydrogen (secondary N) is 1. The van der Waals surface area contributed by atoms with E-state index >= 15 is 0 Å². The average Bonchev–Trinajstić information content (AvgIpc) is 2.63. The third kappa shape index (κ3) is 4.99. The van der Waals surface area contributed by atoms with E-state index in [9.17, 15) is 9.18 Å². The van der Waals surface area contributed by atoms with E-state index in [0.717, 1.165) is 0 Å². The van der Waals surface area contributed by atoms with Gasteiger partial charge in [0.15, 0.2) is 18.1 Å². The molecule has 138 valence electrons. The van der Waals surface area contributed by atoms with E-state index < -0.39 is 5.97 Å². The van der Waals surface area contributed by atoms with E-state index in [4.69, 9.17) is 33.7 Å². The van der Waals surface area contributed by atoms with Crippen molar-refractivity contribution in [2.75, 3.05) is 11.1 Å². The van der Waals surface area contributed by atoms with Crippen LogP contribution in [0.1, 0.15) is 16.3 Å². The Morgan fingerprint density at radius 3 is 2.56 bits per heavy atom. The number of nitrogens with two attached hydrogens (primary N) is 1. The number of hydrogen-bond donors (Lipinski definition) is 2. The molecule has 0 aliphatic carbocycles. The molecule has 0 amide bonds. The number of anilines is 3. The average molecular weight is 409 g/mol. The summed E-state index contributed by atoms with van der Waals surface area (Å²) in [6.07, 6.45) is 0. The summed E-state index contributed by atoms with van der Waals surface area (Å²) in [6.45, 7) is -0.297. The molecule has 0 aliphatic rings. The van der Waals surface area contributed by atoms with Crippen molar-refractivity contribution in [1.29, 1.82) is 0 Å². The number of carbonyl (C=O) groups is 1. The Morgan fingerprint density at radius 1 is 1.07 bits per heavy atom. The van der Waals surface area contributed by atoms with Gasteiger partial charge in [0.05, 0.1) is 5.02 Å². The second-order valence-electron chi connectivity index (χ2n) is 5.11. The highest BCUT2D eigenvalue weighted by atomic mass is 35.5. The van der Waals surface area contributed by atoms with Gasteiger partial charge >= 0.3 is 5.97 Å². The predicted molar refractivity (Wildman–Crippen MR) is 97.3 cm³/mol. The molecule has 3 aromatic rings. The first-order valence-corrected chi connectivity index (χ1v) is 8.18.